The second-order valence-corrected chi connectivity index (χ2v) is 10.8. The van der Waals surface area contributed by atoms with E-state index in [-0.39, 0.29) is 0 Å². The fraction of sp³-hybridized carbons (Fsp3) is 0.500. The van der Waals surface area contributed by atoms with Crippen LogP contribution in [-0.4, -0.2) is 60.4 Å². The van der Waals surface area contributed by atoms with Gasteiger partial charge in [0, 0.05) is 43.3 Å². The fourth-order valence-electron chi connectivity index (χ4n) is 5.98. The molecule has 202 valence electrons. The van der Waals surface area contributed by atoms with Crippen LogP contribution < -0.4 is 19.7 Å². The molecule has 5 rings (SSSR count). The first-order valence-electron chi connectivity index (χ1n) is 13.9. The van der Waals surface area contributed by atoms with Gasteiger partial charge in [-0.25, -0.2) is 9.97 Å². The van der Waals surface area contributed by atoms with E-state index in [9.17, 15) is 0 Å². The van der Waals surface area contributed by atoms with E-state index < -0.39 is 0 Å². The maximum atomic E-state index is 5.78. The summed E-state index contributed by atoms with van der Waals surface area (Å²) in [6.07, 6.45) is 9.71. The van der Waals surface area contributed by atoms with Gasteiger partial charge < -0.3 is 24.6 Å². The van der Waals surface area contributed by atoms with Gasteiger partial charge in [-0.3, -0.25) is 0 Å². The van der Waals surface area contributed by atoms with E-state index >= 15 is 0 Å². The molecule has 8 heteroatoms. The molecule has 0 bridgehead atoms. The van der Waals surface area contributed by atoms with Crippen molar-refractivity contribution in [2.45, 2.75) is 51.4 Å². The SMILES string of the molecule is CCC[C@H]1CC[C@H](c2ccc(NC(=S)N3CCN(c4ncnc5cc(OC)c(OC)cc45)CC3)cc2)CC1. The molecule has 2 aromatic carbocycles. The zero-order chi connectivity index (χ0) is 26.5. The lowest BCUT2D eigenvalue weighted by Gasteiger charge is -2.37. The van der Waals surface area contributed by atoms with Crippen molar-refractivity contribution < 1.29 is 9.47 Å². The van der Waals surface area contributed by atoms with Gasteiger partial charge >= 0.3 is 0 Å². The van der Waals surface area contributed by atoms with Crippen LogP contribution in [0.3, 0.4) is 0 Å². The van der Waals surface area contributed by atoms with Gasteiger partial charge in [-0.2, -0.15) is 0 Å². The molecule has 1 aliphatic carbocycles. The number of hydrogen-bond donors (Lipinski definition) is 1. The zero-order valence-corrected chi connectivity index (χ0v) is 23.6. The van der Waals surface area contributed by atoms with Crippen LogP contribution >= 0.6 is 12.2 Å². The molecule has 2 heterocycles. The number of thiocarbonyl (C=S) groups is 1. The van der Waals surface area contributed by atoms with Crippen LogP contribution in [0, 0.1) is 5.92 Å². The molecule has 1 N–H and O–H groups in total. The Bertz CT molecular complexity index is 1240. The lowest BCUT2D eigenvalue weighted by Crippen LogP contribution is -2.50. The Morgan fingerprint density at radius 3 is 2.29 bits per heavy atom. The number of benzene rings is 2. The lowest BCUT2D eigenvalue weighted by molar-refractivity contribution is 0.308. The maximum Gasteiger partial charge on any atom is 0.173 e. The molecular weight excluding hydrogens is 494 g/mol. The second-order valence-electron chi connectivity index (χ2n) is 10.5. The summed E-state index contributed by atoms with van der Waals surface area (Å²) < 4.78 is 11.0. The molecule has 1 saturated carbocycles. The van der Waals surface area contributed by atoms with E-state index in [0.717, 1.165) is 59.6 Å². The molecular formula is C30H39N5O2S. The third-order valence-electron chi connectivity index (χ3n) is 8.16. The molecule has 0 atom stereocenters. The molecule has 7 nitrogen and oxygen atoms in total. The van der Waals surface area contributed by atoms with Crippen LogP contribution in [0.25, 0.3) is 10.9 Å². The van der Waals surface area contributed by atoms with Gasteiger partial charge in [0.25, 0.3) is 0 Å². The van der Waals surface area contributed by atoms with Gasteiger partial charge in [-0.05, 0) is 73.5 Å². The third-order valence-corrected chi connectivity index (χ3v) is 8.52. The van der Waals surface area contributed by atoms with Gasteiger partial charge in [0.05, 0.1) is 19.7 Å². The highest BCUT2D eigenvalue weighted by Gasteiger charge is 2.24. The molecule has 38 heavy (non-hydrogen) atoms. The van der Waals surface area contributed by atoms with Crippen molar-refractivity contribution in [3.05, 3.63) is 48.3 Å². The van der Waals surface area contributed by atoms with E-state index in [1.54, 1.807) is 20.5 Å². The molecule has 0 radical (unpaired) electrons. The monoisotopic (exact) mass is 533 g/mol. The summed E-state index contributed by atoms with van der Waals surface area (Å²) >= 11 is 5.78. The normalized spacial score (nSPS) is 19.9. The van der Waals surface area contributed by atoms with Gasteiger partial charge in [-0.15, -0.1) is 0 Å². The summed E-state index contributed by atoms with van der Waals surface area (Å²) in [4.78, 5) is 13.6. The minimum absolute atomic E-state index is 0.665. The third kappa shape index (κ3) is 5.80. The van der Waals surface area contributed by atoms with Crippen molar-refractivity contribution in [1.82, 2.24) is 14.9 Å². The number of hydrogen-bond acceptors (Lipinski definition) is 6. The number of fused-ring (bicyclic) bond motifs is 1. The second kappa shape index (κ2) is 12.2. The molecule has 3 aromatic rings. The number of piperazine rings is 1. The predicted molar refractivity (Wildman–Crippen MR) is 159 cm³/mol. The van der Waals surface area contributed by atoms with Crippen LogP contribution in [0.2, 0.25) is 0 Å². The first-order valence-corrected chi connectivity index (χ1v) is 14.3. The number of nitrogens with one attached hydrogen (secondary N) is 1. The predicted octanol–water partition coefficient (Wildman–Crippen LogP) is 6.24. The molecule has 0 amide bonds. The standard InChI is InChI=1S/C30H39N5O2S/c1-4-5-21-6-8-22(9-7-21)23-10-12-24(13-11-23)33-30(38)35-16-14-34(15-17-35)29-25-18-27(36-2)28(37-3)19-26(25)31-20-32-29/h10-13,18-22H,4-9,14-17H2,1-3H3,(H,33,38)/t21-,22-. The largest absolute Gasteiger partial charge is 0.493 e. The average Bonchev–Trinajstić information content (AvgIpc) is 2.97. The van der Waals surface area contributed by atoms with Gasteiger partial charge in [0.15, 0.2) is 16.6 Å². The summed E-state index contributed by atoms with van der Waals surface area (Å²) in [5.41, 5.74) is 3.37. The zero-order valence-electron chi connectivity index (χ0n) is 22.8. The van der Waals surface area contributed by atoms with Crippen molar-refractivity contribution in [1.29, 1.82) is 0 Å². The van der Waals surface area contributed by atoms with Crippen LogP contribution in [0.5, 0.6) is 11.5 Å². The first-order chi connectivity index (χ1) is 18.6. The highest BCUT2D eigenvalue weighted by molar-refractivity contribution is 7.80. The summed E-state index contributed by atoms with van der Waals surface area (Å²) in [7, 11) is 3.28. The number of nitrogens with zero attached hydrogens (tertiary/aromatic N) is 4. The summed E-state index contributed by atoms with van der Waals surface area (Å²) in [6.45, 7) is 5.59. The Morgan fingerprint density at radius 2 is 1.63 bits per heavy atom. The summed E-state index contributed by atoms with van der Waals surface area (Å²) in [5, 5.41) is 5.19. The highest BCUT2D eigenvalue weighted by Crippen LogP contribution is 2.38. The van der Waals surface area contributed by atoms with Crippen LogP contribution in [0.15, 0.2) is 42.7 Å². The quantitative estimate of drug-likeness (QED) is 0.358. The Morgan fingerprint density at radius 1 is 0.947 bits per heavy atom. The van der Waals surface area contributed by atoms with E-state index in [4.69, 9.17) is 21.7 Å². The van der Waals surface area contributed by atoms with Crippen molar-refractivity contribution >= 4 is 39.7 Å². The van der Waals surface area contributed by atoms with Crippen molar-refractivity contribution in [2.24, 2.45) is 5.92 Å². The number of ether oxygens (including phenoxy) is 2. The lowest BCUT2D eigenvalue weighted by atomic mass is 9.77. The Hall–Kier alpha value is -3.13. The Kier molecular flexibility index (Phi) is 8.47. The number of methoxy groups -OCH3 is 2. The molecule has 1 aliphatic heterocycles. The number of rotatable bonds is 7. The van der Waals surface area contributed by atoms with Crippen molar-refractivity contribution in [3.63, 3.8) is 0 Å². The van der Waals surface area contributed by atoms with E-state index in [1.165, 1.54) is 44.1 Å². The van der Waals surface area contributed by atoms with Crippen LogP contribution in [0.4, 0.5) is 11.5 Å². The van der Waals surface area contributed by atoms with E-state index in [0.29, 0.717) is 17.4 Å². The van der Waals surface area contributed by atoms with Gasteiger partial charge in [0.1, 0.15) is 12.1 Å². The first kappa shape index (κ1) is 26.5. The summed E-state index contributed by atoms with van der Waals surface area (Å²) in [6, 6.07) is 12.8. The fourth-order valence-corrected chi connectivity index (χ4v) is 6.28. The Balaban J connectivity index is 1.17. The van der Waals surface area contributed by atoms with Crippen molar-refractivity contribution in [2.75, 3.05) is 50.6 Å². The molecule has 0 unspecified atom stereocenters. The topological polar surface area (TPSA) is 62.8 Å². The smallest absolute Gasteiger partial charge is 0.173 e. The molecule has 1 saturated heterocycles. The number of aromatic nitrogens is 2. The average molecular weight is 534 g/mol. The minimum atomic E-state index is 0.665. The maximum absolute atomic E-state index is 5.78. The van der Waals surface area contributed by atoms with E-state index in [1.807, 2.05) is 12.1 Å². The summed E-state index contributed by atoms with van der Waals surface area (Å²) in [5.74, 6) is 3.90. The van der Waals surface area contributed by atoms with Crippen molar-refractivity contribution in [3.8, 4) is 11.5 Å². The highest BCUT2D eigenvalue weighted by atomic mass is 32.1. The molecule has 1 aromatic heterocycles. The van der Waals surface area contributed by atoms with E-state index in [2.05, 4.69) is 56.3 Å². The van der Waals surface area contributed by atoms with Crippen LogP contribution in [-0.2, 0) is 0 Å². The minimum Gasteiger partial charge on any atom is -0.493 e. The Labute approximate surface area is 231 Å². The number of anilines is 2. The molecule has 2 aliphatic rings. The molecule has 0 spiro atoms. The molecule has 2 fully saturated rings. The van der Waals surface area contributed by atoms with Gasteiger partial charge in [0.2, 0.25) is 0 Å². The van der Waals surface area contributed by atoms with Gasteiger partial charge in [-0.1, -0.05) is 31.9 Å². The van der Waals surface area contributed by atoms with Crippen LogP contribution in [0.1, 0.15) is 56.9 Å².